The zero-order chi connectivity index (χ0) is 20.0. The smallest absolute Gasteiger partial charge is 0.239 e. The fraction of sp³-hybridized carbons (Fsp3) is 0.300. The van der Waals surface area contributed by atoms with Gasteiger partial charge in [-0.25, -0.2) is 4.39 Å². The molecule has 2 aromatic carbocycles. The van der Waals surface area contributed by atoms with E-state index in [0.717, 1.165) is 5.56 Å². The van der Waals surface area contributed by atoms with Crippen LogP contribution in [-0.4, -0.2) is 26.0 Å². The molecule has 0 bridgehead atoms. The number of anilines is 1. The maximum atomic E-state index is 12.9. The zero-order valence-electron chi connectivity index (χ0n) is 15.8. The molecule has 0 aliphatic carbocycles. The maximum Gasteiger partial charge on any atom is 0.239 e. The highest BCUT2D eigenvalue weighted by atomic mass is 19.1. The van der Waals surface area contributed by atoms with E-state index in [2.05, 4.69) is 10.6 Å². The van der Waals surface area contributed by atoms with Crippen LogP contribution in [0.3, 0.4) is 0 Å². The molecule has 0 aliphatic heterocycles. The molecule has 7 heteroatoms. The highest BCUT2D eigenvalue weighted by molar-refractivity contribution is 6.10. The summed E-state index contributed by atoms with van der Waals surface area (Å²) in [4.78, 5) is 25.1. The van der Waals surface area contributed by atoms with Crippen LogP contribution in [0.2, 0.25) is 0 Å². The standard InChI is InChI=1S/C20H23FN2O4/c1-20(2,18(24)22-12-13-5-7-14(21)8-6-13)19(25)23-16-10-9-15(26-3)11-17(16)27-4/h5-11H,12H2,1-4H3,(H,22,24)(H,23,25). The van der Waals surface area contributed by atoms with Crippen molar-refractivity contribution in [2.45, 2.75) is 20.4 Å². The Bertz CT molecular complexity index is 819. The Balaban J connectivity index is 2.05. The van der Waals surface area contributed by atoms with E-state index in [1.807, 2.05) is 0 Å². The van der Waals surface area contributed by atoms with Crippen molar-refractivity contribution in [2.24, 2.45) is 5.41 Å². The molecule has 0 spiro atoms. The van der Waals surface area contributed by atoms with Gasteiger partial charge in [-0.3, -0.25) is 9.59 Å². The molecule has 6 nitrogen and oxygen atoms in total. The summed E-state index contributed by atoms with van der Waals surface area (Å²) >= 11 is 0. The Morgan fingerprint density at radius 3 is 2.26 bits per heavy atom. The van der Waals surface area contributed by atoms with Gasteiger partial charge in [0, 0.05) is 12.6 Å². The van der Waals surface area contributed by atoms with Crippen LogP contribution in [0.1, 0.15) is 19.4 Å². The van der Waals surface area contributed by atoms with Crippen LogP contribution in [0.5, 0.6) is 11.5 Å². The van der Waals surface area contributed by atoms with Crippen LogP contribution >= 0.6 is 0 Å². The summed E-state index contributed by atoms with van der Waals surface area (Å²) < 4.78 is 23.3. The van der Waals surface area contributed by atoms with E-state index in [9.17, 15) is 14.0 Å². The average molecular weight is 374 g/mol. The molecular weight excluding hydrogens is 351 g/mol. The predicted octanol–water partition coefficient (Wildman–Crippen LogP) is 3.12. The van der Waals surface area contributed by atoms with Gasteiger partial charge in [-0.1, -0.05) is 12.1 Å². The number of benzene rings is 2. The lowest BCUT2D eigenvalue weighted by Crippen LogP contribution is -2.44. The first-order chi connectivity index (χ1) is 12.8. The molecular formula is C20H23FN2O4. The van der Waals surface area contributed by atoms with Crippen molar-refractivity contribution in [3.8, 4) is 11.5 Å². The van der Waals surface area contributed by atoms with E-state index in [1.54, 1.807) is 30.3 Å². The van der Waals surface area contributed by atoms with Crippen LogP contribution in [0.15, 0.2) is 42.5 Å². The Morgan fingerprint density at radius 2 is 1.67 bits per heavy atom. The number of nitrogens with one attached hydrogen (secondary N) is 2. The summed E-state index contributed by atoms with van der Waals surface area (Å²) in [7, 11) is 3.01. The first kappa shape index (κ1) is 20.2. The largest absolute Gasteiger partial charge is 0.497 e. The number of hydrogen-bond acceptors (Lipinski definition) is 4. The summed E-state index contributed by atoms with van der Waals surface area (Å²) in [6.07, 6.45) is 0. The zero-order valence-corrected chi connectivity index (χ0v) is 15.8. The van der Waals surface area contributed by atoms with Crippen LogP contribution in [0, 0.1) is 11.2 Å². The molecule has 0 heterocycles. The van der Waals surface area contributed by atoms with Gasteiger partial charge in [-0.15, -0.1) is 0 Å². The number of methoxy groups -OCH3 is 2. The third kappa shape index (κ3) is 4.97. The van der Waals surface area contributed by atoms with Crippen molar-refractivity contribution < 1.29 is 23.5 Å². The average Bonchev–Trinajstić information content (AvgIpc) is 2.67. The van der Waals surface area contributed by atoms with Gasteiger partial charge < -0.3 is 20.1 Å². The van der Waals surface area contributed by atoms with Crippen molar-refractivity contribution in [1.82, 2.24) is 5.32 Å². The summed E-state index contributed by atoms with van der Waals surface area (Å²) in [6.45, 7) is 3.25. The Kier molecular flexibility index (Phi) is 6.39. The number of halogens is 1. The van der Waals surface area contributed by atoms with E-state index in [0.29, 0.717) is 17.2 Å². The summed E-state index contributed by atoms with van der Waals surface area (Å²) in [5, 5.41) is 5.41. The lowest BCUT2D eigenvalue weighted by molar-refractivity contribution is -0.138. The van der Waals surface area contributed by atoms with Gasteiger partial charge in [0.25, 0.3) is 0 Å². The lowest BCUT2D eigenvalue weighted by atomic mass is 9.90. The molecule has 2 N–H and O–H groups in total. The van der Waals surface area contributed by atoms with E-state index in [4.69, 9.17) is 9.47 Å². The summed E-state index contributed by atoms with van der Waals surface area (Å²) in [6, 6.07) is 10.7. The number of ether oxygens (including phenoxy) is 2. The maximum absolute atomic E-state index is 12.9. The molecule has 0 radical (unpaired) electrons. The summed E-state index contributed by atoms with van der Waals surface area (Å²) in [5.74, 6) is -0.274. The van der Waals surface area contributed by atoms with Crippen molar-refractivity contribution >= 4 is 17.5 Å². The molecule has 0 atom stereocenters. The number of carbonyl (C=O) groups is 2. The fourth-order valence-corrected chi connectivity index (χ4v) is 2.29. The highest BCUT2D eigenvalue weighted by Crippen LogP contribution is 2.30. The van der Waals surface area contributed by atoms with Gasteiger partial charge in [-0.2, -0.15) is 0 Å². The van der Waals surface area contributed by atoms with E-state index < -0.39 is 17.2 Å². The first-order valence-corrected chi connectivity index (χ1v) is 8.34. The molecule has 0 saturated carbocycles. The third-order valence-corrected chi connectivity index (χ3v) is 4.16. The molecule has 0 unspecified atom stereocenters. The van der Waals surface area contributed by atoms with Gasteiger partial charge in [-0.05, 0) is 43.7 Å². The van der Waals surface area contributed by atoms with Crippen LogP contribution in [0.4, 0.5) is 10.1 Å². The minimum Gasteiger partial charge on any atom is -0.497 e. The van der Waals surface area contributed by atoms with Crippen LogP contribution in [-0.2, 0) is 16.1 Å². The van der Waals surface area contributed by atoms with Gasteiger partial charge >= 0.3 is 0 Å². The van der Waals surface area contributed by atoms with E-state index >= 15 is 0 Å². The Hall–Kier alpha value is -3.09. The molecule has 0 saturated heterocycles. The fourth-order valence-electron chi connectivity index (χ4n) is 2.29. The lowest BCUT2D eigenvalue weighted by Gasteiger charge is -2.23. The van der Waals surface area contributed by atoms with E-state index in [-0.39, 0.29) is 12.4 Å². The number of amides is 2. The van der Waals surface area contributed by atoms with Gasteiger partial charge in [0.15, 0.2) is 0 Å². The van der Waals surface area contributed by atoms with Gasteiger partial charge in [0.05, 0.1) is 19.9 Å². The second-order valence-corrected chi connectivity index (χ2v) is 6.45. The second-order valence-electron chi connectivity index (χ2n) is 6.45. The molecule has 2 aromatic rings. The first-order valence-electron chi connectivity index (χ1n) is 8.34. The third-order valence-electron chi connectivity index (χ3n) is 4.16. The minimum atomic E-state index is -1.33. The molecule has 0 fully saturated rings. The van der Waals surface area contributed by atoms with Crippen LogP contribution < -0.4 is 20.1 Å². The molecule has 0 aliphatic rings. The van der Waals surface area contributed by atoms with Gasteiger partial charge in [0.1, 0.15) is 22.7 Å². The molecule has 0 aromatic heterocycles. The molecule has 144 valence electrons. The Morgan fingerprint density at radius 1 is 1.00 bits per heavy atom. The highest BCUT2D eigenvalue weighted by Gasteiger charge is 2.36. The van der Waals surface area contributed by atoms with Crippen molar-refractivity contribution in [1.29, 1.82) is 0 Å². The van der Waals surface area contributed by atoms with E-state index in [1.165, 1.54) is 40.2 Å². The quantitative estimate of drug-likeness (QED) is 0.730. The monoisotopic (exact) mass is 374 g/mol. The van der Waals surface area contributed by atoms with Crippen molar-refractivity contribution in [3.05, 3.63) is 53.8 Å². The molecule has 27 heavy (non-hydrogen) atoms. The van der Waals surface area contributed by atoms with Crippen LogP contribution in [0.25, 0.3) is 0 Å². The van der Waals surface area contributed by atoms with Gasteiger partial charge in [0.2, 0.25) is 11.8 Å². The number of hydrogen-bond donors (Lipinski definition) is 2. The van der Waals surface area contributed by atoms with Crippen molar-refractivity contribution in [2.75, 3.05) is 19.5 Å². The summed E-state index contributed by atoms with van der Waals surface area (Å²) in [5.41, 5.74) is -0.161. The van der Waals surface area contributed by atoms with Crippen molar-refractivity contribution in [3.63, 3.8) is 0 Å². The normalized spacial score (nSPS) is 10.9. The molecule has 2 amide bonds. The SMILES string of the molecule is COc1ccc(NC(=O)C(C)(C)C(=O)NCc2ccc(F)cc2)c(OC)c1. The molecule has 2 rings (SSSR count). The Labute approximate surface area is 157 Å². The number of carbonyl (C=O) groups excluding carboxylic acids is 2. The predicted molar refractivity (Wildman–Crippen MR) is 100 cm³/mol. The minimum absolute atomic E-state index is 0.196. The number of rotatable bonds is 7. The second kappa shape index (κ2) is 8.53. The topological polar surface area (TPSA) is 76.7 Å².